The third-order valence-corrected chi connectivity index (χ3v) is 9.15. The second-order valence-electron chi connectivity index (χ2n) is 13.6. The first kappa shape index (κ1) is 52.8. The first-order valence-corrected chi connectivity index (χ1v) is 20.4. The molecule has 0 aliphatic heterocycles. The van der Waals surface area contributed by atoms with E-state index in [-0.39, 0.29) is 63.5 Å². The Morgan fingerprint density at radius 2 is 1.11 bits per heavy atom. The average molecular weight is 886 g/mol. The van der Waals surface area contributed by atoms with E-state index in [0.717, 1.165) is 0 Å². The molecule has 0 saturated carbocycles. The van der Waals surface area contributed by atoms with E-state index in [4.69, 9.17) is 28.7 Å². The molecule has 1 aromatic rings. The second-order valence-corrected chi connectivity index (χ2v) is 14.6. The number of hydrogen-bond donors (Lipinski definition) is 15. The largest absolute Gasteiger partial charge is 0.481 e. The fourth-order valence-corrected chi connectivity index (χ4v) is 5.73. The van der Waals surface area contributed by atoms with Gasteiger partial charge in [-0.15, -0.1) is 0 Å². The van der Waals surface area contributed by atoms with Crippen LogP contribution in [0.4, 0.5) is 0 Å². The predicted octanol–water partition coefficient (Wildman–Crippen LogP) is -5.99. The van der Waals surface area contributed by atoms with Crippen molar-refractivity contribution in [3.63, 3.8) is 0 Å². The van der Waals surface area contributed by atoms with Gasteiger partial charge in [0, 0.05) is 37.8 Å². The third-order valence-electron chi connectivity index (χ3n) is 8.50. The van der Waals surface area contributed by atoms with Gasteiger partial charge < -0.3 is 80.9 Å². The number of H-pyrrole nitrogens is 1. The third kappa shape index (κ3) is 21.6. The molecule has 20 N–H and O–H groups in total. The molecule has 0 aromatic carbocycles. The Morgan fingerprint density at radius 1 is 0.689 bits per heavy atom. The number of hydrogen-bond acceptors (Lipinski definition) is 14. The van der Waals surface area contributed by atoms with E-state index in [1.165, 1.54) is 31.2 Å². The van der Waals surface area contributed by atoms with Gasteiger partial charge in [-0.2, -0.15) is 11.8 Å². The van der Waals surface area contributed by atoms with E-state index >= 15 is 0 Å². The number of nitrogens with two attached hydrogens (primary N) is 5. The number of carboxylic acids is 2. The fraction of sp³-hybridized carbons (Fsp3) is 0.618. The summed E-state index contributed by atoms with van der Waals surface area (Å²) in [5, 5.41) is 42.8. The molecule has 7 atom stereocenters. The van der Waals surface area contributed by atoms with Crippen molar-refractivity contribution in [3.8, 4) is 0 Å². The van der Waals surface area contributed by atoms with Gasteiger partial charge in [0.05, 0.1) is 19.0 Å². The SMILES string of the molecule is CSCC[C@H](NC(=O)[C@H](CCCN=C(N)N)NC(=O)[C@H](CCC(=O)O)NC(=O)[C@H](CCCN=C(N)N)NC(=O)[C@H](Cc1cnc[nH]1)NC(=O)[C@H](C)N)C(=O)N[C@@H](CO)C(=O)O. The van der Waals surface area contributed by atoms with Gasteiger partial charge >= 0.3 is 11.9 Å². The smallest absolute Gasteiger partial charge is 0.328 e. The summed E-state index contributed by atoms with van der Waals surface area (Å²) in [5.41, 5.74) is 27.8. The number of carbonyl (C=O) groups excluding carboxylic acids is 6. The number of aliphatic carboxylic acids is 2. The van der Waals surface area contributed by atoms with Gasteiger partial charge in [-0.1, -0.05) is 0 Å². The normalized spacial score (nSPS) is 14.2. The molecule has 0 spiro atoms. The lowest BCUT2D eigenvalue weighted by atomic mass is 10.0. The number of imidazole rings is 1. The number of guanidine groups is 2. The monoisotopic (exact) mass is 885 g/mol. The van der Waals surface area contributed by atoms with Crippen LogP contribution in [0, 0.1) is 0 Å². The van der Waals surface area contributed by atoms with Crippen LogP contribution in [-0.2, 0) is 44.8 Å². The van der Waals surface area contributed by atoms with E-state index in [1.807, 2.05) is 0 Å². The van der Waals surface area contributed by atoms with Crippen molar-refractivity contribution in [2.75, 3.05) is 31.7 Å². The predicted molar refractivity (Wildman–Crippen MR) is 222 cm³/mol. The molecule has 0 unspecified atom stereocenters. The van der Waals surface area contributed by atoms with E-state index in [1.54, 1.807) is 6.26 Å². The summed E-state index contributed by atoms with van der Waals surface area (Å²) in [6.45, 7) is 0.486. The zero-order chi connectivity index (χ0) is 46.1. The average Bonchev–Trinajstić information content (AvgIpc) is 3.71. The summed E-state index contributed by atoms with van der Waals surface area (Å²) < 4.78 is 0. The second kappa shape index (κ2) is 28.3. The van der Waals surface area contributed by atoms with E-state index in [2.05, 4.69) is 51.9 Å². The highest BCUT2D eigenvalue weighted by Gasteiger charge is 2.34. The van der Waals surface area contributed by atoms with Crippen LogP contribution < -0.4 is 60.6 Å². The maximum absolute atomic E-state index is 13.9. The number of carbonyl (C=O) groups is 8. The standard InChI is InChI=1S/C34H59N15O11S/c1-17(35)26(53)48-23(13-18-14-40-16-43-18)31(58)45-20(6-4-11-42-34(38)39)27(54)46-21(7-8-25(51)52)29(56)44-19(5-3-10-41-33(36)37)28(55)47-22(9-12-61-2)30(57)49-24(15-50)32(59)60/h14,16-17,19-24,50H,3-13,15,35H2,1-2H3,(H,40,43)(H,44,56)(H,45,58)(H,46,54)(H,47,55)(H,48,53)(H,49,57)(H,51,52)(H,59,60)(H4,36,37,41)(H4,38,39,42)/t17-,19-,20-,21-,22-,23-,24-/m0/s1. The summed E-state index contributed by atoms with van der Waals surface area (Å²) in [6.07, 6.45) is 3.24. The molecule has 0 radical (unpaired) electrons. The molecular weight excluding hydrogens is 827 g/mol. The first-order chi connectivity index (χ1) is 28.8. The van der Waals surface area contributed by atoms with Crippen molar-refractivity contribution in [2.24, 2.45) is 38.7 Å². The Morgan fingerprint density at radius 3 is 1.49 bits per heavy atom. The highest BCUT2D eigenvalue weighted by atomic mass is 32.2. The van der Waals surface area contributed by atoms with Crippen molar-refractivity contribution in [3.05, 3.63) is 18.2 Å². The van der Waals surface area contributed by atoms with E-state index in [9.17, 15) is 53.7 Å². The number of aliphatic hydroxyl groups excluding tert-OH is 1. The van der Waals surface area contributed by atoms with E-state index in [0.29, 0.717) is 11.4 Å². The molecule has 0 aliphatic carbocycles. The molecule has 0 saturated heterocycles. The zero-order valence-corrected chi connectivity index (χ0v) is 34.7. The van der Waals surface area contributed by atoms with Gasteiger partial charge in [0.1, 0.15) is 36.3 Å². The van der Waals surface area contributed by atoms with Crippen LogP contribution in [0.25, 0.3) is 0 Å². The summed E-state index contributed by atoms with van der Waals surface area (Å²) in [5.74, 6) is -8.37. The zero-order valence-electron chi connectivity index (χ0n) is 33.9. The van der Waals surface area contributed by atoms with Crippen LogP contribution in [-0.4, -0.2) is 159 Å². The van der Waals surface area contributed by atoms with Gasteiger partial charge in [0.25, 0.3) is 0 Å². The highest BCUT2D eigenvalue weighted by Crippen LogP contribution is 2.09. The minimum atomic E-state index is -1.68. The fourth-order valence-electron chi connectivity index (χ4n) is 5.26. The van der Waals surface area contributed by atoms with Crippen LogP contribution >= 0.6 is 11.8 Å². The number of aliphatic imine (C=N–C) groups is 2. The number of nitrogens with zero attached hydrogens (tertiary/aromatic N) is 3. The number of aromatic amines is 1. The number of aliphatic hydroxyl groups is 1. The van der Waals surface area contributed by atoms with Crippen LogP contribution in [0.15, 0.2) is 22.5 Å². The van der Waals surface area contributed by atoms with Crippen LogP contribution in [0.5, 0.6) is 0 Å². The van der Waals surface area contributed by atoms with Crippen molar-refractivity contribution in [1.29, 1.82) is 0 Å². The van der Waals surface area contributed by atoms with Gasteiger partial charge in [0.2, 0.25) is 35.4 Å². The number of rotatable bonds is 30. The highest BCUT2D eigenvalue weighted by molar-refractivity contribution is 7.98. The lowest BCUT2D eigenvalue weighted by Crippen LogP contribution is -2.60. The van der Waals surface area contributed by atoms with Crippen molar-refractivity contribution in [2.45, 2.75) is 101 Å². The molecule has 1 rings (SSSR count). The molecule has 342 valence electrons. The minimum absolute atomic E-state index is 0.00157. The molecule has 26 nitrogen and oxygen atoms in total. The molecule has 6 amide bonds. The lowest BCUT2D eigenvalue weighted by molar-refractivity contribution is -0.143. The quantitative estimate of drug-likeness (QED) is 0.0194. The van der Waals surface area contributed by atoms with Crippen LogP contribution in [0.2, 0.25) is 0 Å². The maximum atomic E-state index is 13.9. The minimum Gasteiger partial charge on any atom is -0.481 e. The Hall–Kier alpha value is -6.22. The van der Waals surface area contributed by atoms with Gasteiger partial charge in [-0.05, 0) is 57.5 Å². The molecule has 1 aromatic heterocycles. The molecular formula is C34H59N15O11S. The first-order valence-electron chi connectivity index (χ1n) is 19.0. The van der Waals surface area contributed by atoms with Gasteiger partial charge in [-0.3, -0.25) is 43.5 Å². The number of nitrogens with one attached hydrogen (secondary N) is 7. The number of thioether (sulfide) groups is 1. The van der Waals surface area contributed by atoms with Crippen LogP contribution in [0.3, 0.4) is 0 Å². The number of carboxylic acid groups (broad SMARTS) is 2. The molecule has 0 aliphatic rings. The van der Waals surface area contributed by atoms with E-state index < -0.39 is 109 Å². The molecule has 0 fully saturated rings. The Labute approximate surface area is 355 Å². The molecule has 0 bridgehead atoms. The van der Waals surface area contributed by atoms with Gasteiger partial charge in [-0.25, -0.2) is 9.78 Å². The number of aromatic nitrogens is 2. The van der Waals surface area contributed by atoms with Gasteiger partial charge in [0.15, 0.2) is 11.9 Å². The Balaban J connectivity index is 3.50. The summed E-state index contributed by atoms with van der Waals surface area (Å²) in [6, 6.07) is -9.76. The van der Waals surface area contributed by atoms with Crippen molar-refractivity contribution < 1.29 is 53.7 Å². The summed E-state index contributed by atoms with van der Waals surface area (Å²) >= 11 is 1.32. The number of amides is 6. The molecule has 1 heterocycles. The Bertz CT molecular complexity index is 1670. The van der Waals surface area contributed by atoms with Crippen LogP contribution in [0.1, 0.15) is 57.6 Å². The van der Waals surface area contributed by atoms with Crippen molar-refractivity contribution in [1.82, 2.24) is 41.9 Å². The topological polar surface area (TPSA) is 453 Å². The Kier molecular flexibility index (Phi) is 24.5. The summed E-state index contributed by atoms with van der Waals surface area (Å²) in [4.78, 5) is 118. The molecule has 61 heavy (non-hydrogen) atoms. The molecule has 27 heteroatoms. The summed E-state index contributed by atoms with van der Waals surface area (Å²) in [7, 11) is 0. The lowest BCUT2D eigenvalue weighted by Gasteiger charge is -2.27. The van der Waals surface area contributed by atoms with Crippen molar-refractivity contribution >= 4 is 71.1 Å². The maximum Gasteiger partial charge on any atom is 0.328 e.